The van der Waals surface area contributed by atoms with Crippen molar-refractivity contribution < 1.29 is 23.5 Å². The largest absolute Gasteiger partial charge is 0.467 e. The maximum atomic E-state index is 14.3. The minimum absolute atomic E-state index is 0.153. The number of ether oxygens (including phenoxy) is 2. The number of rotatable bonds is 2. The van der Waals surface area contributed by atoms with Crippen LogP contribution in [0.1, 0.15) is 35.3 Å². The van der Waals surface area contributed by atoms with Gasteiger partial charge in [0.25, 0.3) is 0 Å². The number of fused-ring (bicyclic) bond motifs is 4. The molecule has 0 aromatic heterocycles. The molecule has 2 aliphatic rings. The van der Waals surface area contributed by atoms with Crippen molar-refractivity contribution in [1.82, 2.24) is 5.32 Å². The average molecular weight is 356 g/mol. The molecule has 0 saturated carbocycles. The van der Waals surface area contributed by atoms with Gasteiger partial charge in [-0.15, -0.1) is 0 Å². The molecule has 6 nitrogen and oxygen atoms in total. The molecule has 0 spiro atoms. The van der Waals surface area contributed by atoms with E-state index in [1.807, 2.05) is 0 Å². The summed E-state index contributed by atoms with van der Waals surface area (Å²) >= 11 is 0. The number of nitrogens with zero attached hydrogens (tertiary/aromatic N) is 1. The first-order chi connectivity index (χ1) is 12.4. The Labute approximate surface area is 149 Å². The van der Waals surface area contributed by atoms with Crippen molar-refractivity contribution in [2.24, 2.45) is 0 Å². The fourth-order valence-electron chi connectivity index (χ4n) is 3.62. The highest BCUT2D eigenvalue weighted by Gasteiger charge is 2.50. The molecule has 2 aliphatic heterocycles. The van der Waals surface area contributed by atoms with Crippen molar-refractivity contribution >= 4 is 17.7 Å². The van der Waals surface area contributed by atoms with Gasteiger partial charge in [-0.25, -0.2) is 14.0 Å². The molecule has 2 atom stereocenters. The molecule has 26 heavy (non-hydrogen) atoms. The third-order valence-corrected chi connectivity index (χ3v) is 4.79. The number of hydrogen-bond acceptors (Lipinski definition) is 4. The van der Waals surface area contributed by atoms with Crippen molar-refractivity contribution in [1.29, 1.82) is 0 Å². The monoisotopic (exact) mass is 356 g/mol. The lowest BCUT2D eigenvalue weighted by molar-refractivity contribution is 0.0372. The highest BCUT2D eigenvalue weighted by Crippen LogP contribution is 2.46. The lowest BCUT2D eigenvalue weighted by Crippen LogP contribution is -2.65. The highest BCUT2D eigenvalue weighted by atomic mass is 19.1. The molecule has 4 rings (SSSR count). The number of methoxy groups -OCH3 is 1. The summed E-state index contributed by atoms with van der Waals surface area (Å²) in [7, 11) is 1.31. The molecule has 0 radical (unpaired) electrons. The third kappa shape index (κ3) is 2.39. The lowest BCUT2D eigenvalue weighted by atomic mass is 9.89. The number of carbonyl (C=O) groups is 2. The van der Waals surface area contributed by atoms with Gasteiger partial charge in [0.15, 0.2) is 5.72 Å². The molecule has 1 fully saturated rings. The first kappa shape index (κ1) is 16.4. The van der Waals surface area contributed by atoms with Gasteiger partial charge in [0.05, 0.1) is 24.4 Å². The smallest absolute Gasteiger partial charge is 0.337 e. The Bertz CT molecular complexity index is 916. The van der Waals surface area contributed by atoms with Crippen LogP contribution in [0.4, 0.5) is 14.9 Å². The number of urea groups is 1. The van der Waals surface area contributed by atoms with Crippen LogP contribution in [0.3, 0.4) is 0 Å². The molecule has 7 heteroatoms. The van der Waals surface area contributed by atoms with E-state index in [-0.39, 0.29) is 11.7 Å². The van der Waals surface area contributed by atoms with E-state index in [0.717, 1.165) is 0 Å². The van der Waals surface area contributed by atoms with Gasteiger partial charge in [-0.2, -0.15) is 0 Å². The van der Waals surface area contributed by atoms with Gasteiger partial charge in [0, 0.05) is 12.0 Å². The summed E-state index contributed by atoms with van der Waals surface area (Å²) in [5, 5.41) is 2.88. The van der Waals surface area contributed by atoms with Crippen LogP contribution in [0.25, 0.3) is 0 Å². The number of hydrogen-bond donors (Lipinski definition) is 1. The van der Waals surface area contributed by atoms with Gasteiger partial charge in [-0.1, -0.05) is 12.1 Å². The molecular weight excluding hydrogens is 339 g/mol. The molecule has 2 aromatic rings. The predicted octanol–water partition coefficient (Wildman–Crippen LogP) is 3.38. The van der Waals surface area contributed by atoms with Crippen LogP contribution in [0.5, 0.6) is 5.75 Å². The maximum absolute atomic E-state index is 14.3. The second-order valence-corrected chi connectivity index (χ2v) is 6.51. The van der Waals surface area contributed by atoms with E-state index in [4.69, 9.17) is 9.47 Å². The summed E-state index contributed by atoms with van der Waals surface area (Å²) in [6.45, 7) is 1.75. The van der Waals surface area contributed by atoms with Gasteiger partial charge >= 0.3 is 12.0 Å². The summed E-state index contributed by atoms with van der Waals surface area (Å²) in [6, 6.07) is 10.2. The van der Waals surface area contributed by atoms with E-state index in [1.54, 1.807) is 43.3 Å². The van der Waals surface area contributed by atoms with E-state index in [1.165, 1.54) is 18.1 Å². The summed E-state index contributed by atoms with van der Waals surface area (Å²) in [6.07, 6.45) is 0.407. The van der Waals surface area contributed by atoms with Crippen molar-refractivity contribution in [2.45, 2.75) is 25.1 Å². The molecule has 134 valence electrons. The van der Waals surface area contributed by atoms with Gasteiger partial charge in [0.1, 0.15) is 11.6 Å². The molecular formula is C19H17FN2O4. The zero-order valence-electron chi connectivity index (χ0n) is 14.3. The zero-order chi connectivity index (χ0) is 18.5. The van der Waals surface area contributed by atoms with E-state index in [9.17, 15) is 14.0 Å². The Morgan fingerprint density at radius 3 is 2.85 bits per heavy atom. The van der Waals surface area contributed by atoms with E-state index in [0.29, 0.717) is 23.3 Å². The van der Waals surface area contributed by atoms with Crippen LogP contribution in [-0.2, 0) is 4.74 Å². The summed E-state index contributed by atoms with van der Waals surface area (Å²) in [5.41, 5.74) is 0.186. The Morgan fingerprint density at radius 1 is 1.35 bits per heavy atom. The van der Waals surface area contributed by atoms with Gasteiger partial charge in [0.2, 0.25) is 0 Å². The SMILES string of the molecule is COC(=O)c1ccc2c(c1)[C@@H]1C[C@](C)(O2)N(c2ccccc2F)C(=O)N1. The van der Waals surface area contributed by atoms with E-state index >= 15 is 0 Å². The van der Waals surface area contributed by atoms with Crippen molar-refractivity contribution in [3.63, 3.8) is 0 Å². The van der Waals surface area contributed by atoms with Gasteiger partial charge in [-0.3, -0.25) is 4.90 Å². The van der Waals surface area contributed by atoms with Crippen LogP contribution in [0, 0.1) is 5.82 Å². The number of benzene rings is 2. The number of esters is 1. The third-order valence-electron chi connectivity index (χ3n) is 4.79. The van der Waals surface area contributed by atoms with Gasteiger partial charge in [-0.05, 0) is 37.3 Å². The topological polar surface area (TPSA) is 67.9 Å². The Hall–Kier alpha value is -3.09. The summed E-state index contributed by atoms with van der Waals surface area (Å²) in [4.78, 5) is 25.8. The summed E-state index contributed by atoms with van der Waals surface area (Å²) < 4.78 is 25.1. The molecule has 2 heterocycles. The van der Waals surface area contributed by atoms with Crippen molar-refractivity contribution in [3.05, 3.63) is 59.4 Å². The lowest BCUT2D eigenvalue weighted by Gasteiger charge is -2.50. The predicted molar refractivity (Wildman–Crippen MR) is 91.6 cm³/mol. The Morgan fingerprint density at radius 2 is 2.12 bits per heavy atom. The summed E-state index contributed by atoms with van der Waals surface area (Å²) in [5.74, 6) is -0.424. The van der Waals surface area contributed by atoms with Gasteiger partial charge < -0.3 is 14.8 Å². The second-order valence-electron chi connectivity index (χ2n) is 6.51. The number of anilines is 1. The average Bonchev–Trinajstić information content (AvgIpc) is 2.61. The Balaban J connectivity index is 1.78. The van der Waals surface area contributed by atoms with Crippen LogP contribution in [-0.4, -0.2) is 24.8 Å². The second kappa shape index (κ2) is 5.72. The number of nitrogens with one attached hydrogen (secondary N) is 1. The number of halogens is 1. The minimum atomic E-state index is -1.05. The zero-order valence-corrected chi connectivity index (χ0v) is 14.3. The van der Waals surface area contributed by atoms with Crippen LogP contribution >= 0.6 is 0 Å². The quantitative estimate of drug-likeness (QED) is 0.838. The van der Waals surface area contributed by atoms with Crippen LogP contribution < -0.4 is 15.0 Å². The Kier molecular flexibility index (Phi) is 3.61. The number of carbonyl (C=O) groups excluding carboxylic acids is 2. The number of para-hydroxylation sites is 1. The molecule has 2 bridgehead atoms. The van der Waals surface area contributed by atoms with E-state index in [2.05, 4.69) is 5.32 Å². The molecule has 2 amide bonds. The molecule has 0 unspecified atom stereocenters. The molecule has 1 N–H and O–H groups in total. The van der Waals surface area contributed by atoms with Crippen molar-refractivity contribution in [3.8, 4) is 5.75 Å². The molecule has 2 aromatic carbocycles. The fraction of sp³-hybridized carbons (Fsp3) is 0.263. The highest BCUT2D eigenvalue weighted by molar-refractivity contribution is 5.95. The number of amides is 2. The fourth-order valence-corrected chi connectivity index (χ4v) is 3.62. The maximum Gasteiger partial charge on any atom is 0.337 e. The van der Waals surface area contributed by atoms with E-state index < -0.39 is 23.5 Å². The van der Waals surface area contributed by atoms with Crippen LogP contribution in [0.15, 0.2) is 42.5 Å². The first-order valence-electron chi connectivity index (χ1n) is 8.19. The normalized spacial score (nSPS) is 23.6. The minimum Gasteiger partial charge on any atom is -0.467 e. The standard InChI is InChI=1S/C19H17FN2O4/c1-19-10-14(12-9-11(17(23)25-2)7-8-16(12)26-19)21-18(24)22(19)15-6-4-3-5-13(15)20/h3-9,14H,10H2,1-2H3,(H,21,24)/t14-,19-/m0/s1. The molecule has 0 aliphatic carbocycles. The van der Waals surface area contributed by atoms with Crippen molar-refractivity contribution in [2.75, 3.05) is 12.0 Å². The first-order valence-corrected chi connectivity index (χ1v) is 8.19. The van der Waals surface area contributed by atoms with Crippen LogP contribution in [0.2, 0.25) is 0 Å². The molecule has 1 saturated heterocycles.